The Hall–Kier alpha value is -1.10. The smallest absolute Gasteiger partial charge is 0.233 e. The van der Waals surface area contributed by atoms with Crippen LogP contribution in [0.4, 0.5) is 0 Å². The van der Waals surface area contributed by atoms with Crippen molar-refractivity contribution in [2.45, 2.75) is 32.7 Å². The summed E-state index contributed by atoms with van der Waals surface area (Å²) in [6.45, 7) is 4.65. The first-order valence-electron chi connectivity index (χ1n) is 5.30. The second-order valence-corrected chi connectivity index (χ2v) is 3.51. The standard InChI is InChI=1S/C10H21N3O2/c1-4-8(2)13-9(14)5-6-12-10(15)7-11-3/h8,11H,4-7H2,1-3H3,(H,12,15)(H,13,14). The molecule has 3 N–H and O–H groups in total. The average Bonchev–Trinajstić information content (AvgIpc) is 2.18. The van der Waals surface area contributed by atoms with Crippen LogP contribution >= 0.6 is 0 Å². The van der Waals surface area contributed by atoms with Crippen LogP contribution in [0.25, 0.3) is 0 Å². The molecule has 0 saturated heterocycles. The van der Waals surface area contributed by atoms with E-state index in [2.05, 4.69) is 16.0 Å². The van der Waals surface area contributed by atoms with Gasteiger partial charge in [0.25, 0.3) is 0 Å². The van der Waals surface area contributed by atoms with Gasteiger partial charge in [-0.15, -0.1) is 0 Å². The van der Waals surface area contributed by atoms with Crippen molar-refractivity contribution in [3.8, 4) is 0 Å². The maximum Gasteiger partial charge on any atom is 0.233 e. The van der Waals surface area contributed by atoms with Gasteiger partial charge in [-0.2, -0.15) is 0 Å². The summed E-state index contributed by atoms with van der Waals surface area (Å²) in [4.78, 5) is 22.3. The van der Waals surface area contributed by atoms with E-state index in [1.165, 1.54) is 0 Å². The molecule has 15 heavy (non-hydrogen) atoms. The minimum absolute atomic E-state index is 0.0193. The Bertz CT molecular complexity index is 207. The van der Waals surface area contributed by atoms with E-state index >= 15 is 0 Å². The molecule has 0 spiro atoms. The van der Waals surface area contributed by atoms with Crippen molar-refractivity contribution in [2.24, 2.45) is 0 Å². The highest BCUT2D eigenvalue weighted by molar-refractivity contribution is 5.80. The lowest BCUT2D eigenvalue weighted by atomic mass is 10.2. The lowest BCUT2D eigenvalue weighted by molar-refractivity contribution is -0.122. The summed E-state index contributed by atoms with van der Waals surface area (Å²) >= 11 is 0. The molecule has 0 aromatic carbocycles. The third-order valence-electron chi connectivity index (χ3n) is 2.03. The summed E-state index contributed by atoms with van der Waals surface area (Å²) < 4.78 is 0. The fourth-order valence-electron chi connectivity index (χ4n) is 0.988. The maximum atomic E-state index is 11.3. The van der Waals surface area contributed by atoms with Crippen molar-refractivity contribution < 1.29 is 9.59 Å². The fourth-order valence-corrected chi connectivity index (χ4v) is 0.988. The molecule has 0 aromatic rings. The average molecular weight is 215 g/mol. The number of likely N-dealkylation sites (N-methyl/N-ethyl adjacent to an activating group) is 1. The van der Waals surface area contributed by atoms with E-state index in [1.807, 2.05) is 13.8 Å². The number of carbonyl (C=O) groups excluding carboxylic acids is 2. The molecule has 5 heteroatoms. The van der Waals surface area contributed by atoms with Crippen molar-refractivity contribution >= 4 is 11.8 Å². The number of rotatable bonds is 7. The molecule has 0 aliphatic rings. The first kappa shape index (κ1) is 13.9. The SMILES string of the molecule is CCC(C)NC(=O)CCNC(=O)CNC. The summed E-state index contributed by atoms with van der Waals surface area (Å²) in [7, 11) is 1.70. The second kappa shape index (κ2) is 8.23. The van der Waals surface area contributed by atoms with Crippen LogP contribution in [-0.4, -0.2) is 38.0 Å². The van der Waals surface area contributed by atoms with Crippen LogP contribution in [0.5, 0.6) is 0 Å². The second-order valence-electron chi connectivity index (χ2n) is 3.51. The highest BCUT2D eigenvalue weighted by Gasteiger charge is 2.05. The van der Waals surface area contributed by atoms with Gasteiger partial charge in [-0.1, -0.05) is 6.92 Å². The summed E-state index contributed by atoms with van der Waals surface area (Å²) in [6, 6.07) is 0.200. The van der Waals surface area contributed by atoms with Crippen LogP contribution in [0, 0.1) is 0 Å². The molecule has 0 aliphatic carbocycles. The third-order valence-corrected chi connectivity index (χ3v) is 2.03. The molecule has 2 amide bonds. The van der Waals surface area contributed by atoms with Gasteiger partial charge in [-0.3, -0.25) is 9.59 Å². The third kappa shape index (κ3) is 7.93. The summed E-state index contributed by atoms with van der Waals surface area (Å²) in [6.07, 6.45) is 1.25. The van der Waals surface area contributed by atoms with Gasteiger partial charge in [0.15, 0.2) is 0 Å². The Balaban J connectivity index is 3.50. The van der Waals surface area contributed by atoms with Crippen LogP contribution in [0.1, 0.15) is 26.7 Å². The van der Waals surface area contributed by atoms with Gasteiger partial charge in [0.2, 0.25) is 11.8 Å². The van der Waals surface area contributed by atoms with Gasteiger partial charge in [0.1, 0.15) is 0 Å². The molecule has 0 aliphatic heterocycles. The Morgan fingerprint density at radius 2 is 1.93 bits per heavy atom. The molecular weight excluding hydrogens is 194 g/mol. The van der Waals surface area contributed by atoms with Crippen molar-refractivity contribution in [3.05, 3.63) is 0 Å². The molecule has 1 atom stereocenters. The highest BCUT2D eigenvalue weighted by atomic mass is 16.2. The van der Waals surface area contributed by atoms with E-state index in [0.29, 0.717) is 13.0 Å². The minimum Gasteiger partial charge on any atom is -0.354 e. The van der Waals surface area contributed by atoms with Gasteiger partial charge in [-0.25, -0.2) is 0 Å². The molecule has 1 unspecified atom stereocenters. The van der Waals surface area contributed by atoms with Gasteiger partial charge in [-0.05, 0) is 20.4 Å². The van der Waals surface area contributed by atoms with Crippen molar-refractivity contribution in [3.63, 3.8) is 0 Å². The van der Waals surface area contributed by atoms with Crippen LogP contribution in [0.3, 0.4) is 0 Å². The highest BCUT2D eigenvalue weighted by Crippen LogP contribution is 1.88. The number of carbonyl (C=O) groups is 2. The van der Waals surface area contributed by atoms with Crippen LogP contribution in [-0.2, 0) is 9.59 Å². The van der Waals surface area contributed by atoms with Crippen molar-refractivity contribution in [2.75, 3.05) is 20.1 Å². The topological polar surface area (TPSA) is 70.2 Å². The molecule has 0 bridgehead atoms. The quantitative estimate of drug-likeness (QED) is 0.542. The number of hydrogen-bond acceptors (Lipinski definition) is 3. The first-order valence-corrected chi connectivity index (χ1v) is 5.30. The molecule has 88 valence electrons. The maximum absolute atomic E-state index is 11.3. The molecule has 0 fully saturated rings. The largest absolute Gasteiger partial charge is 0.354 e. The van der Waals surface area contributed by atoms with E-state index in [-0.39, 0.29) is 24.4 Å². The monoisotopic (exact) mass is 215 g/mol. The number of hydrogen-bond donors (Lipinski definition) is 3. The Kier molecular flexibility index (Phi) is 7.62. The normalized spacial score (nSPS) is 11.9. The lowest BCUT2D eigenvalue weighted by Crippen LogP contribution is -2.37. The van der Waals surface area contributed by atoms with Crippen LogP contribution in [0.2, 0.25) is 0 Å². The minimum atomic E-state index is -0.0890. The molecular formula is C10H21N3O2. The van der Waals surface area contributed by atoms with E-state index in [0.717, 1.165) is 6.42 Å². The van der Waals surface area contributed by atoms with Crippen molar-refractivity contribution in [1.82, 2.24) is 16.0 Å². The van der Waals surface area contributed by atoms with Gasteiger partial charge in [0.05, 0.1) is 6.54 Å². The summed E-state index contributed by atoms with van der Waals surface area (Å²) in [5, 5.41) is 8.21. The van der Waals surface area contributed by atoms with Gasteiger partial charge in [0, 0.05) is 19.0 Å². The zero-order chi connectivity index (χ0) is 11.7. The van der Waals surface area contributed by atoms with Gasteiger partial charge >= 0.3 is 0 Å². The van der Waals surface area contributed by atoms with E-state index in [1.54, 1.807) is 7.05 Å². The molecule has 5 nitrogen and oxygen atoms in total. The van der Waals surface area contributed by atoms with Crippen LogP contribution in [0.15, 0.2) is 0 Å². The summed E-state index contributed by atoms with van der Waals surface area (Å²) in [5.41, 5.74) is 0. The van der Waals surface area contributed by atoms with Crippen molar-refractivity contribution in [1.29, 1.82) is 0 Å². The molecule has 0 rings (SSSR count). The molecule has 0 saturated carbocycles. The first-order chi connectivity index (χ1) is 7.10. The zero-order valence-corrected chi connectivity index (χ0v) is 9.72. The Labute approximate surface area is 91.0 Å². The van der Waals surface area contributed by atoms with E-state index < -0.39 is 0 Å². The van der Waals surface area contributed by atoms with Crippen LogP contribution < -0.4 is 16.0 Å². The number of amides is 2. The lowest BCUT2D eigenvalue weighted by Gasteiger charge is -2.11. The molecule has 0 heterocycles. The molecule has 0 radical (unpaired) electrons. The zero-order valence-electron chi connectivity index (χ0n) is 9.72. The number of nitrogens with one attached hydrogen (secondary N) is 3. The molecule has 0 aromatic heterocycles. The Morgan fingerprint density at radius 1 is 1.27 bits per heavy atom. The Morgan fingerprint density at radius 3 is 2.47 bits per heavy atom. The van der Waals surface area contributed by atoms with E-state index in [4.69, 9.17) is 0 Å². The van der Waals surface area contributed by atoms with Gasteiger partial charge < -0.3 is 16.0 Å². The fraction of sp³-hybridized carbons (Fsp3) is 0.800. The van der Waals surface area contributed by atoms with E-state index in [9.17, 15) is 9.59 Å². The predicted molar refractivity (Wildman–Crippen MR) is 59.4 cm³/mol. The predicted octanol–water partition coefficient (Wildman–Crippen LogP) is -0.373. The summed E-state index contributed by atoms with van der Waals surface area (Å²) in [5.74, 6) is -0.108.